The third-order valence-corrected chi connectivity index (χ3v) is 3.41. The molecule has 1 atom stereocenters. The standard InChI is InChI=1S/C11H16N6O/c1-7-4-9(15-10(12)14-7)16-2-3-17-8(6-16)5-13-11(17)18/h4,8H,2-3,5-6H2,1H3,(H,13,18)(H2,12,14,15). The van der Waals surface area contributed by atoms with Crippen molar-refractivity contribution in [1.82, 2.24) is 20.2 Å². The Balaban J connectivity index is 1.80. The number of nitrogen functional groups attached to an aromatic ring is 1. The van der Waals surface area contributed by atoms with Crippen molar-refractivity contribution in [3.8, 4) is 0 Å². The van der Waals surface area contributed by atoms with E-state index in [1.165, 1.54) is 0 Å². The molecule has 7 nitrogen and oxygen atoms in total. The van der Waals surface area contributed by atoms with Gasteiger partial charge in [0, 0.05) is 37.9 Å². The third-order valence-electron chi connectivity index (χ3n) is 3.41. The van der Waals surface area contributed by atoms with Gasteiger partial charge in [-0.15, -0.1) is 0 Å². The Morgan fingerprint density at radius 3 is 3.06 bits per heavy atom. The topological polar surface area (TPSA) is 87.4 Å². The monoisotopic (exact) mass is 248 g/mol. The van der Waals surface area contributed by atoms with Crippen LogP contribution in [0.3, 0.4) is 0 Å². The van der Waals surface area contributed by atoms with Crippen LogP contribution < -0.4 is 16.0 Å². The average molecular weight is 248 g/mol. The van der Waals surface area contributed by atoms with Crippen molar-refractivity contribution in [2.24, 2.45) is 0 Å². The first-order chi connectivity index (χ1) is 8.63. The number of carbonyl (C=O) groups is 1. The zero-order valence-corrected chi connectivity index (χ0v) is 10.3. The van der Waals surface area contributed by atoms with Crippen LogP contribution in [0.2, 0.25) is 0 Å². The molecule has 1 unspecified atom stereocenters. The van der Waals surface area contributed by atoms with Crippen molar-refractivity contribution in [3.63, 3.8) is 0 Å². The summed E-state index contributed by atoms with van der Waals surface area (Å²) in [6.07, 6.45) is 0. The SMILES string of the molecule is Cc1cc(N2CCN3C(=O)NCC3C2)nc(N)n1. The highest BCUT2D eigenvalue weighted by Crippen LogP contribution is 2.20. The van der Waals surface area contributed by atoms with Gasteiger partial charge in [0.1, 0.15) is 5.82 Å². The van der Waals surface area contributed by atoms with E-state index >= 15 is 0 Å². The van der Waals surface area contributed by atoms with Crippen molar-refractivity contribution >= 4 is 17.8 Å². The van der Waals surface area contributed by atoms with Gasteiger partial charge in [-0.2, -0.15) is 4.98 Å². The number of urea groups is 1. The van der Waals surface area contributed by atoms with Crippen LogP contribution in [0, 0.1) is 6.92 Å². The van der Waals surface area contributed by atoms with Crippen molar-refractivity contribution in [2.75, 3.05) is 36.8 Å². The van der Waals surface area contributed by atoms with Crippen molar-refractivity contribution in [3.05, 3.63) is 11.8 Å². The second-order valence-corrected chi connectivity index (χ2v) is 4.71. The fourth-order valence-corrected chi connectivity index (χ4v) is 2.55. The molecular formula is C11H16N6O. The maximum atomic E-state index is 11.5. The van der Waals surface area contributed by atoms with Crippen molar-refractivity contribution < 1.29 is 4.79 Å². The van der Waals surface area contributed by atoms with E-state index in [2.05, 4.69) is 20.2 Å². The molecule has 0 spiro atoms. The lowest BCUT2D eigenvalue weighted by Crippen LogP contribution is -2.52. The van der Waals surface area contributed by atoms with Crippen molar-refractivity contribution in [2.45, 2.75) is 13.0 Å². The Morgan fingerprint density at radius 1 is 1.44 bits per heavy atom. The Morgan fingerprint density at radius 2 is 2.28 bits per heavy atom. The minimum absolute atomic E-state index is 0.0398. The Kier molecular flexibility index (Phi) is 2.46. The van der Waals surface area contributed by atoms with Gasteiger partial charge >= 0.3 is 6.03 Å². The first-order valence-corrected chi connectivity index (χ1v) is 6.04. The van der Waals surface area contributed by atoms with E-state index in [9.17, 15) is 4.79 Å². The van der Waals surface area contributed by atoms with Gasteiger partial charge in [-0.05, 0) is 6.92 Å². The number of fused-ring (bicyclic) bond motifs is 1. The highest BCUT2D eigenvalue weighted by molar-refractivity contribution is 5.77. The maximum Gasteiger partial charge on any atom is 0.317 e. The molecular weight excluding hydrogens is 232 g/mol. The zero-order chi connectivity index (χ0) is 12.7. The van der Waals surface area contributed by atoms with E-state index in [1.54, 1.807) is 0 Å². The summed E-state index contributed by atoms with van der Waals surface area (Å²) in [5, 5.41) is 2.86. The lowest BCUT2D eigenvalue weighted by molar-refractivity contribution is 0.197. The van der Waals surface area contributed by atoms with Crippen LogP contribution in [0.25, 0.3) is 0 Å². The van der Waals surface area contributed by atoms with E-state index in [1.807, 2.05) is 17.9 Å². The molecule has 0 aromatic carbocycles. The molecule has 2 aliphatic rings. The Bertz CT molecular complexity index is 470. The van der Waals surface area contributed by atoms with Gasteiger partial charge in [0.15, 0.2) is 0 Å². The van der Waals surface area contributed by atoms with Gasteiger partial charge in [-0.1, -0.05) is 0 Å². The summed E-state index contributed by atoms with van der Waals surface area (Å²) in [7, 11) is 0. The summed E-state index contributed by atoms with van der Waals surface area (Å²) >= 11 is 0. The number of aromatic nitrogens is 2. The fraction of sp³-hybridized carbons (Fsp3) is 0.545. The zero-order valence-electron chi connectivity index (χ0n) is 10.3. The molecule has 0 saturated carbocycles. The molecule has 3 N–H and O–H groups in total. The molecule has 2 amide bonds. The van der Waals surface area contributed by atoms with Crippen molar-refractivity contribution in [1.29, 1.82) is 0 Å². The van der Waals surface area contributed by atoms with Crippen LogP contribution in [0.5, 0.6) is 0 Å². The number of nitrogens with two attached hydrogens (primary N) is 1. The van der Waals surface area contributed by atoms with Crippen LogP contribution in [-0.4, -0.2) is 53.1 Å². The fourth-order valence-electron chi connectivity index (χ4n) is 2.55. The number of nitrogens with zero attached hydrogens (tertiary/aromatic N) is 4. The molecule has 2 saturated heterocycles. The smallest absolute Gasteiger partial charge is 0.317 e. The molecule has 7 heteroatoms. The average Bonchev–Trinajstić information content (AvgIpc) is 2.69. The molecule has 0 bridgehead atoms. The molecule has 0 radical (unpaired) electrons. The molecule has 1 aromatic rings. The summed E-state index contributed by atoms with van der Waals surface area (Å²) in [4.78, 5) is 23.9. The quantitative estimate of drug-likeness (QED) is 0.705. The second-order valence-electron chi connectivity index (χ2n) is 4.71. The van der Waals surface area contributed by atoms with Gasteiger partial charge in [0.05, 0.1) is 6.04 Å². The first kappa shape index (κ1) is 11.1. The van der Waals surface area contributed by atoms with Crippen LogP contribution in [0.1, 0.15) is 5.69 Å². The normalized spacial score (nSPS) is 22.9. The molecule has 96 valence electrons. The predicted molar refractivity (Wildman–Crippen MR) is 67.3 cm³/mol. The number of hydrogen-bond donors (Lipinski definition) is 2. The number of nitrogens with one attached hydrogen (secondary N) is 1. The van der Waals surface area contributed by atoms with Gasteiger partial charge in [-0.3, -0.25) is 0 Å². The number of rotatable bonds is 1. The van der Waals surface area contributed by atoms with Crippen LogP contribution in [0.15, 0.2) is 6.07 Å². The van der Waals surface area contributed by atoms with Crippen LogP contribution >= 0.6 is 0 Å². The summed E-state index contributed by atoms with van der Waals surface area (Å²) in [5.74, 6) is 1.15. The summed E-state index contributed by atoms with van der Waals surface area (Å²) in [6, 6.07) is 2.19. The molecule has 1 aromatic heterocycles. The number of carbonyl (C=O) groups excluding carboxylic acids is 1. The maximum absolute atomic E-state index is 11.5. The number of anilines is 2. The molecule has 0 aliphatic carbocycles. The molecule has 3 rings (SSSR count). The lowest BCUT2D eigenvalue weighted by atomic mass is 10.2. The lowest BCUT2D eigenvalue weighted by Gasteiger charge is -2.37. The molecule has 18 heavy (non-hydrogen) atoms. The molecule has 2 aliphatic heterocycles. The summed E-state index contributed by atoms with van der Waals surface area (Å²) < 4.78 is 0. The molecule has 2 fully saturated rings. The number of aryl methyl sites for hydroxylation is 1. The minimum Gasteiger partial charge on any atom is -0.368 e. The Labute approximate surface area is 105 Å². The van der Waals surface area contributed by atoms with E-state index in [-0.39, 0.29) is 12.1 Å². The Hall–Kier alpha value is -2.05. The van der Waals surface area contributed by atoms with Gasteiger partial charge in [0.25, 0.3) is 0 Å². The third kappa shape index (κ3) is 1.81. The van der Waals surface area contributed by atoms with E-state index < -0.39 is 0 Å². The van der Waals surface area contributed by atoms with E-state index in [4.69, 9.17) is 5.73 Å². The van der Waals surface area contributed by atoms with E-state index in [0.717, 1.165) is 31.1 Å². The minimum atomic E-state index is 0.0398. The number of amides is 2. The first-order valence-electron chi connectivity index (χ1n) is 6.04. The van der Waals surface area contributed by atoms with Crippen LogP contribution in [0.4, 0.5) is 16.6 Å². The predicted octanol–water partition coefficient (Wildman–Crippen LogP) is -0.419. The molecule has 3 heterocycles. The van der Waals surface area contributed by atoms with Gasteiger partial charge in [0.2, 0.25) is 5.95 Å². The highest BCUT2D eigenvalue weighted by Gasteiger charge is 2.35. The highest BCUT2D eigenvalue weighted by atomic mass is 16.2. The second kappa shape index (κ2) is 4.01. The van der Waals surface area contributed by atoms with Crippen LogP contribution in [-0.2, 0) is 0 Å². The van der Waals surface area contributed by atoms with Gasteiger partial charge < -0.3 is 20.9 Å². The number of piperazine rings is 1. The van der Waals surface area contributed by atoms with Gasteiger partial charge in [-0.25, -0.2) is 9.78 Å². The largest absolute Gasteiger partial charge is 0.368 e. The number of hydrogen-bond acceptors (Lipinski definition) is 5. The summed E-state index contributed by atoms with van der Waals surface area (Å²) in [5.41, 5.74) is 6.53. The van der Waals surface area contributed by atoms with E-state index in [0.29, 0.717) is 12.5 Å². The summed E-state index contributed by atoms with van der Waals surface area (Å²) in [6.45, 7) is 4.89.